The van der Waals surface area contributed by atoms with Crippen LogP contribution >= 0.6 is 0 Å². The van der Waals surface area contributed by atoms with Crippen LogP contribution in [-0.2, 0) is 0 Å². The zero-order chi connectivity index (χ0) is 15.5. The van der Waals surface area contributed by atoms with Crippen LogP contribution in [0.1, 0.15) is 12.1 Å². The number of halogens is 2. The van der Waals surface area contributed by atoms with E-state index in [1.807, 2.05) is 42.5 Å². The largest absolute Gasteiger partial charge is 0.497 e. The summed E-state index contributed by atoms with van der Waals surface area (Å²) >= 11 is 0. The Bertz CT molecular complexity index is 752. The molecular weight excluding hydrogens is 286 g/mol. The number of hydrogen-bond donors (Lipinski definition) is 0. The normalized spacial score (nSPS) is 10.9. The summed E-state index contributed by atoms with van der Waals surface area (Å²) in [5, 5.41) is 4.03. The molecule has 0 fully saturated rings. The molecule has 3 nitrogen and oxygen atoms in total. The van der Waals surface area contributed by atoms with Gasteiger partial charge in [-0.3, -0.25) is 0 Å². The summed E-state index contributed by atoms with van der Waals surface area (Å²) in [6.45, 7) is 0. The second-order valence-corrected chi connectivity index (χ2v) is 4.73. The zero-order valence-corrected chi connectivity index (χ0v) is 11.9. The summed E-state index contributed by atoms with van der Waals surface area (Å²) in [6.07, 6.45) is -2.61. The summed E-state index contributed by atoms with van der Waals surface area (Å²) < 4.78 is 32.7. The molecule has 0 saturated heterocycles. The molecule has 1 heterocycles. The van der Waals surface area contributed by atoms with E-state index < -0.39 is 6.43 Å². The van der Waals surface area contributed by atoms with E-state index in [0.29, 0.717) is 11.4 Å². The van der Waals surface area contributed by atoms with Crippen molar-refractivity contribution in [3.05, 3.63) is 66.4 Å². The highest BCUT2D eigenvalue weighted by molar-refractivity contribution is 5.63. The minimum Gasteiger partial charge on any atom is -0.497 e. The molecule has 22 heavy (non-hydrogen) atoms. The first-order chi connectivity index (χ1) is 10.7. The summed E-state index contributed by atoms with van der Waals surface area (Å²) in [7, 11) is 1.58. The fourth-order valence-corrected chi connectivity index (χ4v) is 2.24. The van der Waals surface area contributed by atoms with Crippen LogP contribution in [0, 0.1) is 0 Å². The van der Waals surface area contributed by atoms with Crippen molar-refractivity contribution in [3.63, 3.8) is 0 Å². The Morgan fingerprint density at radius 1 is 1.00 bits per heavy atom. The minimum atomic E-state index is -2.61. The SMILES string of the molecule is COc1ccc(-c2cc(C(F)F)nn2-c2ccccc2)cc1. The van der Waals surface area contributed by atoms with Crippen LogP contribution in [-0.4, -0.2) is 16.9 Å². The third-order valence-corrected chi connectivity index (χ3v) is 3.34. The molecule has 1 aromatic heterocycles. The van der Waals surface area contributed by atoms with E-state index in [-0.39, 0.29) is 5.69 Å². The molecule has 3 rings (SSSR count). The lowest BCUT2D eigenvalue weighted by molar-refractivity contribution is 0.145. The van der Waals surface area contributed by atoms with Gasteiger partial charge in [0.25, 0.3) is 6.43 Å². The van der Waals surface area contributed by atoms with Gasteiger partial charge in [0, 0.05) is 5.56 Å². The number of benzene rings is 2. The molecule has 5 heteroatoms. The average molecular weight is 300 g/mol. The van der Waals surface area contributed by atoms with E-state index in [0.717, 1.165) is 11.3 Å². The third kappa shape index (κ3) is 2.70. The van der Waals surface area contributed by atoms with E-state index >= 15 is 0 Å². The molecule has 0 aliphatic carbocycles. The fraction of sp³-hybridized carbons (Fsp3) is 0.118. The minimum absolute atomic E-state index is 0.241. The maximum atomic E-state index is 13.0. The molecular formula is C17H14F2N2O. The van der Waals surface area contributed by atoms with Crippen LogP contribution in [0.4, 0.5) is 8.78 Å². The lowest BCUT2D eigenvalue weighted by Gasteiger charge is -2.08. The first-order valence-corrected chi connectivity index (χ1v) is 6.77. The molecule has 0 saturated carbocycles. The van der Waals surface area contributed by atoms with E-state index in [1.165, 1.54) is 10.7 Å². The molecule has 0 bridgehead atoms. The van der Waals surface area contributed by atoms with Gasteiger partial charge in [0.05, 0.1) is 18.5 Å². The molecule has 0 spiro atoms. The van der Waals surface area contributed by atoms with E-state index in [4.69, 9.17) is 4.74 Å². The second-order valence-electron chi connectivity index (χ2n) is 4.73. The number of alkyl halides is 2. The molecule has 0 aliphatic rings. The van der Waals surface area contributed by atoms with Crippen molar-refractivity contribution in [2.75, 3.05) is 7.11 Å². The summed E-state index contributed by atoms with van der Waals surface area (Å²) in [4.78, 5) is 0. The Balaban J connectivity index is 2.12. The van der Waals surface area contributed by atoms with Crippen molar-refractivity contribution in [2.24, 2.45) is 0 Å². The summed E-state index contributed by atoms with van der Waals surface area (Å²) in [5.74, 6) is 0.712. The Hall–Kier alpha value is -2.69. The van der Waals surface area contributed by atoms with Gasteiger partial charge in [0.15, 0.2) is 0 Å². The van der Waals surface area contributed by atoms with Gasteiger partial charge in [-0.05, 0) is 42.5 Å². The number of para-hydroxylation sites is 1. The van der Waals surface area contributed by atoms with Crippen molar-refractivity contribution < 1.29 is 13.5 Å². The molecule has 0 radical (unpaired) electrons. The van der Waals surface area contributed by atoms with Gasteiger partial charge in [-0.15, -0.1) is 0 Å². The molecule has 2 aromatic carbocycles. The van der Waals surface area contributed by atoms with E-state index in [2.05, 4.69) is 5.10 Å². The first-order valence-electron chi connectivity index (χ1n) is 6.77. The van der Waals surface area contributed by atoms with Gasteiger partial charge in [-0.2, -0.15) is 5.10 Å². The van der Waals surface area contributed by atoms with Crippen molar-refractivity contribution in [3.8, 4) is 22.7 Å². The molecule has 0 N–H and O–H groups in total. The maximum absolute atomic E-state index is 13.0. The average Bonchev–Trinajstić information content (AvgIpc) is 3.01. The smallest absolute Gasteiger partial charge is 0.282 e. The van der Waals surface area contributed by atoms with Crippen molar-refractivity contribution in [1.29, 1.82) is 0 Å². The van der Waals surface area contributed by atoms with Gasteiger partial charge in [0.2, 0.25) is 0 Å². The Morgan fingerprint density at radius 3 is 2.27 bits per heavy atom. The number of nitrogens with zero attached hydrogens (tertiary/aromatic N) is 2. The number of methoxy groups -OCH3 is 1. The Morgan fingerprint density at radius 2 is 1.68 bits per heavy atom. The lowest BCUT2D eigenvalue weighted by atomic mass is 10.1. The van der Waals surface area contributed by atoms with Gasteiger partial charge in [-0.1, -0.05) is 18.2 Å². The topological polar surface area (TPSA) is 27.1 Å². The fourth-order valence-electron chi connectivity index (χ4n) is 2.24. The number of hydrogen-bond acceptors (Lipinski definition) is 2. The standard InChI is InChI=1S/C17H14F2N2O/c1-22-14-9-7-12(8-10-14)16-11-15(17(18)19)20-21(16)13-5-3-2-4-6-13/h2-11,17H,1H3. The van der Waals surface area contributed by atoms with E-state index in [1.54, 1.807) is 19.2 Å². The van der Waals surface area contributed by atoms with Gasteiger partial charge in [0.1, 0.15) is 11.4 Å². The quantitative estimate of drug-likeness (QED) is 0.710. The predicted molar refractivity (Wildman–Crippen MR) is 80.5 cm³/mol. The van der Waals surface area contributed by atoms with Gasteiger partial charge < -0.3 is 4.74 Å². The van der Waals surface area contributed by atoms with Crippen LogP contribution in [0.15, 0.2) is 60.7 Å². The third-order valence-electron chi connectivity index (χ3n) is 3.34. The second kappa shape index (κ2) is 5.97. The van der Waals surface area contributed by atoms with Crippen LogP contribution in [0.2, 0.25) is 0 Å². The zero-order valence-electron chi connectivity index (χ0n) is 11.9. The highest BCUT2D eigenvalue weighted by Gasteiger charge is 2.17. The lowest BCUT2D eigenvalue weighted by Crippen LogP contribution is -1.99. The Kier molecular flexibility index (Phi) is 3.87. The molecule has 0 aliphatic heterocycles. The highest BCUT2D eigenvalue weighted by atomic mass is 19.3. The molecule has 3 aromatic rings. The molecule has 0 amide bonds. The van der Waals surface area contributed by atoms with Crippen LogP contribution < -0.4 is 4.74 Å². The van der Waals surface area contributed by atoms with Gasteiger partial charge >= 0.3 is 0 Å². The van der Waals surface area contributed by atoms with Crippen molar-refractivity contribution in [2.45, 2.75) is 6.43 Å². The highest BCUT2D eigenvalue weighted by Crippen LogP contribution is 2.29. The van der Waals surface area contributed by atoms with Crippen LogP contribution in [0.25, 0.3) is 16.9 Å². The van der Waals surface area contributed by atoms with Crippen LogP contribution in [0.3, 0.4) is 0 Å². The van der Waals surface area contributed by atoms with E-state index in [9.17, 15) is 8.78 Å². The van der Waals surface area contributed by atoms with Crippen molar-refractivity contribution in [1.82, 2.24) is 9.78 Å². The molecule has 0 unspecified atom stereocenters. The van der Waals surface area contributed by atoms with Crippen LogP contribution in [0.5, 0.6) is 5.75 Å². The number of aromatic nitrogens is 2. The summed E-state index contributed by atoms with van der Waals surface area (Å²) in [6, 6.07) is 17.9. The first kappa shape index (κ1) is 14.3. The monoisotopic (exact) mass is 300 g/mol. The number of ether oxygens (including phenoxy) is 1. The van der Waals surface area contributed by atoms with Crippen molar-refractivity contribution >= 4 is 0 Å². The Labute approximate surface area is 126 Å². The summed E-state index contributed by atoms with van der Waals surface area (Å²) in [5.41, 5.74) is 1.91. The molecule has 112 valence electrons. The predicted octanol–water partition coefficient (Wildman–Crippen LogP) is 4.49. The maximum Gasteiger partial charge on any atom is 0.282 e. The molecule has 0 atom stereocenters. The van der Waals surface area contributed by atoms with Gasteiger partial charge in [-0.25, -0.2) is 13.5 Å². The number of rotatable bonds is 4.